The predicted molar refractivity (Wildman–Crippen MR) is 60.6 cm³/mol. The van der Waals surface area contributed by atoms with Crippen LogP contribution >= 0.6 is 0 Å². The first-order valence-electron chi connectivity index (χ1n) is 5.37. The van der Waals surface area contributed by atoms with E-state index < -0.39 is 5.97 Å². The van der Waals surface area contributed by atoms with Gasteiger partial charge in [0.2, 0.25) is 0 Å². The number of rotatable bonds is 2. The fourth-order valence-corrected chi connectivity index (χ4v) is 1.85. The zero-order valence-electron chi connectivity index (χ0n) is 8.97. The molecule has 2 heterocycles. The van der Waals surface area contributed by atoms with E-state index in [2.05, 4.69) is 9.88 Å². The molecule has 1 fully saturated rings. The van der Waals surface area contributed by atoms with Crippen molar-refractivity contribution in [1.29, 1.82) is 0 Å². The number of piperidine rings is 1. The van der Waals surface area contributed by atoms with Crippen LogP contribution in [0.4, 0.5) is 5.82 Å². The third kappa shape index (κ3) is 2.30. The molecule has 1 aromatic heterocycles. The zero-order valence-corrected chi connectivity index (χ0v) is 8.97. The van der Waals surface area contributed by atoms with Crippen molar-refractivity contribution < 1.29 is 9.90 Å². The fraction of sp³-hybridized carbons (Fsp3) is 0.455. The molecule has 0 saturated carbocycles. The molecule has 1 aliphatic rings. The summed E-state index contributed by atoms with van der Waals surface area (Å²) in [6, 6.07) is 5.32. The molecule has 2 rings (SSSR count). The summed E-state index contributed by atoms with van der Waals surface area (Å²) >= 11 is 0. The van der Waals surface area contributed by atoms with Gasteiger partial charge in [-0.25, -0.2) is 9.78 Å². The highest BCUT2D eigenvalue weighted by molar-refractivity contribution is 5.85. The number of aromatic nitrogens is 1. The molecule has 16 heavy (non-hydrogen) atoms. The summed E-state index contributed by atoms with van der Waals surface area (Å²) in [5, 5.41) is 8.85. The molecule has 0 amide bonds. The Hall–Kier alpha value is -1.62. The summed E-state index contributed by atoms with van der Waals surface area (Å²) < 4.78 is 0. The number of hydrogen-bond acceptors (Lipinski definition) is 4. The van der Waals surface area contributed by atoms with E-state index in [0.717, 1.165) is 31.7 Å². The van der Waals surface area contributed by atoms with Gasteiger partial charge < -0.3 is 15.7 Å². The lowest BCUT2D eigenvalue weighted by Gasteiger charge is -2.31. The monoisotopic (exact) mass is 221 g/mol. The highest BCUT2D eigenvalue weighted by atomic mass is 16.4. The first-order chi connectivity index (χ1) is 7.66. The van der Waals surface area contributed by atoms with Gasteiger partial charge in [-0.2, -0.15) is 0 Å². The average Bonchev–Trinajstić information content (AvgIpc) is 2.30. The number of carboxylic acids is 1. The number of pyridine rings is 1. The van der Waals surface area contributed by atoms with Gasteiger partial charge in [0.1, 0.15) is 5.82 Å². The van der Waals surface area contributed by atoms with Gasteiger partial charge in [0.15, 0.2) is 5.69 Å². The Morgan fingerprint density at radius 2 is 2.12 bits per heavy atom. The van der Waals surface area contributed by atoms with E-state index in [1.807, 2.05) is 6.07 Å². The lowest BCUT2D eigenvalue weighted by atomic mass is 10.1. The summed E-state index contributed by atoms with van der Waals surface area (Å²) in [5.74, 6) is -0.262. The molecule has 0 spiro atoms. The summed E-state index contributed by atoms with van der Waals surface area (Å²) in [6.07, 6.45) is 1.86. The van der Waals surface area contributed by atoms with Gasteiger partial charge in [-0.05, 0) is 25.0 Å². The predicted octanol–water partition coefficient (Wildman–Crippen LogP) is 0.707. The van der Waals surface area contributed by atoms with E-state index in [1.54, 1.807) is 6.07 Å². The minimum absolute atomic E-state index is 0.0902. The minimum Gasteiger partial charge on any atom is -0.477 e. The Kier molecular flexibility index (Phi) is 3.05. The molecular weight excluding hydrogens is 206 g/mol. The number of nitrogens with zero attached hydrogens (tertiary/aromatic N) is 2. The number of aromatic carboxylic acids is 1. The first kappa shape index (κ1) is 10.9. The molecule has 0 radical (unpaired) electrons. The van der Waals surface area contributed by atoms with E-state index >= 15 is 0 Å². The smallest absolute Gasteiger partial charge is 0.354 e. The molecular formula is C11H15N3O2. The second-order valence-corrected chi connectivity index (χ2v) is 4.01. The number of carbonyl (C=O) groups is 1. The third-order valence-corrected chi connectivity index (χ3v) is 2.82. The summed E-state index contributed by atoms with van der Waals surface area (Å²) in [6.45, 7) is 1.69. The van der Waals surface area contributed by atoms with Crippen LogP contribution in [0.1, 0.15) is 23.3 Å². The maximum Gasteiger partial charge on any atom is 0.354 e. The largest absolute Gasteiger partial charge is 0.477 e. The average molecular weight is 221 g/mol. The van der Waals surface area contributed by atoms with Gasteiger partial charge in [0, 0.05) is 19.1 Å². The van der Waals surface area contributed by atoms with Crippen LogP contribution < -0.4 is 10.6 Å². The van der Waals surface area contributed by atoms with Gasteiger partial charge in [0.25, 0.3) is 0 Å². The fourth-order valence-electron chi connectivity index (χ4n) is 1.85. The molecule has 0 aliphatic carbocycles. The van der Waals surface area contributed by atoms with Crippen LogP contribution in [0.15, 0.2) is 18.2 Å². The van der Waals surface area contributed by atoms with Crippen molar-refractivity contribution >= 4 is 11.8 Å². The minimum atomic E-state index is -0.990. The van der Waals surface area contributed by atoms with Crippen LogP contribution in [0.25, 0.3) is 0 Å². The van der Waals surface area contributed by atoms with Crippen molar-refractivity contribution in [3.05, 3.63) is 23.9 Å². The molecule has 3 N–H and O–H groups in total. The summed E-state index contributed by atoms with van der Waals surface area (Å²) in [4.78, 5) is 17.0. The van der Waals surface area contributed by atoms with E-state index in [4.69, 9.17) is 10.8 Å². The van der Waals surface area contributed by atoms with Crippen molar-refractivity contribution in [3.8, 4) is 0 Å². The normalized spacial score (nSPS) is 17.4. The molecule has 0 aromatic carbocycles. The van der Waals surface area contributed by atoms with Crippen molar-refractivity contribution in [2.24, 2.45) is 5.73 Å². The van der Waals surface area contributed by atoms with E-state index in [-0.39, 0.29) is 11.7 Å². The summed E-state index contributed by atoms with van der Waals surface area (Å²) in [7, 11) is 0. The van der Waals surface area contributed by atoms with Gasteiger partial charge in [-0.3, -0.25) is 0 Å². The van der Waals surface area contributed by atoms with Gasteiger partial charge >= 0.3 is 5.97 Å². The third-order valence-electron chi connectivity index (χ3n) is 2.82. The molecule has 1 saturated heterocycles. The lowest BCUT2D eigenvalue weighted by molar-refractivity contribution is 0.0690. The van der Waals surface area contributed by atoms with Crippen molar-refractivity contribution in [1.82, 2.24) is 4.98 Å². The van der Waals surface area contributed by atoms with E-state index in [9.17, 15) is 4.79 Å². The van der Waals surface area contributed by atoms with Crippen LogP contribution in [0.2, 0.25) is 0 Å². The van der Waals surface area contributed by atoms with Crippen molar-refractivity contribution in [3.63, 3.8) is 0 Å². The lowest BCUT2D eigenvalue weighted by Crippen LogP contribution is -2.40. The number of anilines is 1. The number of hydrogen-bond donors (Lipinski definition) is 2. The standard InChI is InChI=1S/C11H15N3O2/c12-8-4-6-14(7-5-8)10-3-1-2-9(13-10)11(15)16/h1-3,8H,4-7,12H2,(H,15,16). The molecule has 1 aliphatic heterocycles. The second-order valence-electron chi connectivity index (χ2n) is 4.01. The zero-order chi connectivity index (χ0) is 11.5. The van der Waals surface area contributed by atoms with Crippen LogP contribution in [0.5, 0.6) is 0 Å². The maximum atomic E-state index is 10.8. The van der Waals surface area contributed by atoms with Crippen molar-refractivity contribution in [2.45, 2.75) is 18.9 Å². The van der Waals surface area contributed by atoms with Gasteiger partial charge in [-0.1, -0.05) is 6.07 Å². The number of nitrogens with two attached hydrogens (primary N) is 1. The van der Waals surface area contributed by atoms with Gasteiger partial charge in [0.05, 0.1) is 0 Å². The number of carboxylic acid groups (broad SMARTS) is 1. The molecule has 0 bridgehead atoms. The quantitative estimate of drug-likeness (QED) is 0.768. The maximum absolute atomic E-state index is 10.8. The first-order valence-corrected chi connectivity index (χ1v) is 5.37. The highest BCUT2D eigenvalue weighted by Gasteiger charge is 2.17. The van der Waals surface area contributed by atoms with Crippen LogP contribution in [-0.2, 0) is 0 Å². The van der Waals surface area contributed by atoms with Crippen LogP contribution in [-0.4, -0.2) is 35.2 Å². The molecule has 5 heteroatoms. The van der Waals surface area contributed by atoms with E-state index in [0.29, 0.717) is 0 Å². The second kappa shape index (κ2) is 4.49. The Balaban J connectivity index is 2.14. The van der Waals surface area contributed by atoms with Crippen LogP contribution in [0.3, 0.4) is 0 Å². The summed E-state index contributed by atoms with van der Waals surface area (Å²) in [5.41, 5.74) is 5.90. The SMILES string of the molecule is NC1CCN(c2cccc(C(=O)O)n2)CC1. The Labute approximate surface area is 93.9 Å². The topological polar surface area (TPSA) is 79.5 Å². The van der Waals surface area contributed by atoms with Gasteiger partial charge in [-0.15, -0.1) is 0 Å². The Morgan fingerprint density at radius 1 is 1.44 bits per heavy atom. The Morgan fingerprint density at radius 3 is 2.75 bits per heavy atom. The molecule has 5 nitrogen and oxygen atoms in total. The van der Waals surface area contributed by atoms with E-state index in [1.165, 1.54) is 6.07 Å². The highest BCUT2D eigenvalue weighted by Crippen LogP contribution is 2.17. The van der Waals surface area contributed by atoms with Crippen LogP contribution in [0, 0.1) is 0 Å². The Bertz CT molecular complexity index is 387. The molecule has 0 unspecified atom stereocenters. The molecule has 86 valence electrons. The van der Waals surface area contributed by atoms with Crippen molar-refractivity contribution in [2.75, 3.05) is 18.0 Å². The molecule has 0 atom stereocenters. The molecule has 1 aromatic rings.